The summed E-state index contributed by atoms with van der Waals surface area (Å²) in [5.41, 5.74) is 2.68. The van der Waals surface area contributed by atoms with Crippen molar-refractivity contribution in [1.82, 2.24) is 4.90 Å². The summed E-state index contributed by atoms with van der Waals surface area (Å²) in [6.45, 7) is 5.80. The first-order valence-corrected chi connectivity index (χ1v) is 8.23. The molecule has 22 heavy (non-hydrogen) atoms. The minimum absolute atomic E-state index is 0.914. The number of benzene rings is 2. The van der Waals surface area contributed by atoms with Crippen LogP contribution in [0.5, 0.6) is 5.75 Å². The molecule has 1 aliphatic rings. The Morgan fingerprint density at radius 1 is 1.05 bits per heavy atom. The predicted molar refractivity (Wildman–Crippen MR) is 94.4 cm³/mol. The van der Waals surface area contributed by atoms with E-state index in [2.05, 4.69) is 48.2 Å². The van der Waals surface area contributed by atoms with Crippen LogP contribution in [-0.2, 0) is 0 Å². The van der Waals surface area contributed by atoms with E-state index < -0.39 is 0 Å². The first kappa shape index (κ1) is 15.1. The van der Waals surface area contributed by atoms with Crippen LogP contribution in [0, 0.1) is 0 Å². The Morgan fingerprint density at radius 2 is 1.77 bits per heavy atom. The molecule has 0 aromatic heterocycles. The molecule has 2 heteroatoms. The van der Waals surface area contributed by atoms with Crippen LogP contribution in [0.1, 0.15) is 31.7 Å². The molecule has 0 spiro atoms. The van der Waals surface area contributed by atoms with Gasteiger partial charge in [0, 0.05) is 6.54 Å². The molecule has 2 nitrogen and oxygen atoms in total. The van der Waals surface area contributed by atoms with Crippen LogP contribution >= 0.6 is 0 Å². The van der Waals surface area contributed by atoms with Crippen LogP contribution in [-0.4, -0.2) is 31.6 Å². The number of fused-ring (bicyclic) bond motifs is 1. The van der Waals surface area contributed by atoms with Crippen LogP contribution in [0.3, 0.4) is 0 Å². The standard InChI is InChI=1S/C20H25NO/c1-16(10-13-21-11-4-3-5-12-21)17-6-7-19-15-20(22-2)9-8-18(19)14-17/h6-10,14-15H,3-5,11-13H2,1-2H3/b16-10+. The third-order valence-corrected chi connectivity index (χ3v) is 4.61. The molecule has 1 fully saturated rings. The maximum Gasteiger partial charge on any atom is 0.119 e. The van der Waals surface area contributed by atoms with E-state index in [4.69, 9.17) is 4.74 Å². The van der Waals surface area contributed by atoms with Crippen LogP contribution in [0.4, 0.5) is 0 Å². The average Bonchev–Trinajstić information content (AvgIpc) is 2.59. The van der Waals surface area contributed by atoms with E-state index in [0.717, 1.165) is 12.3 Å². The van der Waals surface area contributed by atoms with Gasteiger partial charge in [-0.3, -0.25) is 4.90 Å². The third kappa shape index (κ3) is 3.50. The summed E-state index contributed by atoms with van der Waals surface area (Å²) in [5, 5.41) is 2.50. The Kier molecular flexibility index (Phi) is 4.79. The summed E-state index contributed by atoms with van der Waals surface area (Å²) < 4.78 is 5.29. The van der Waals surface area contributed by atoms with Crippen molar-refractivity contribution in [1.29, 1.82) is 0 Å². The van der Waals surface area contributed by atoms with Gasteiger partial charge in [0.25, 0.3) is 0 Å². The molecule has 0 amide bonds. The fraction of sp³-hybridized carbons (Fsp3) is 0.400. The number of ether oxygens (including phenoxy) is 1. The van der Waals surface area contributed by atoms with Crippen LogP contribution in [0.15, 0.2) is 42.5 Å². The average molecular weight is 295 g/mol. The molecule has 0 aliphatic carbocycles. The lowest BCUT2D eigenvalue weighted by molar-refractivity contribution is 0.251. The first-order valence-electron chi connectivity index (χ1n) is 8.23. The van der Waals surface area contributed by atoms with Gasteiger partial charge < -0.3 is 4.74 Å². The molecule has 2 aromatic carbocycles. The van der Waals surface area contributed by atoms with Crippen molar-refractivity contribution >= 4 is 16.3 Å². The predicted octanol–water partition coefficient (Wildman–Crippen LogP) is 4.74. The fourth-order valence-corrected chi connectivity index (χ4v) is 3.12. The molecule has 1 aliphatic heterocycles. The van der Waals surface area contributed by atoms with E-state index in [9.17, 15) is 0 Å². The van der Waals surface area contributed by atoms with Crippen molar-refractivity contribution in [3.05, 3.63) is 48.0 Å². The highest BCUT2D eigenvalue weighted by atomic mass is 16.5. The highest BCUT2D eigenvalue weighted by molar-refractivity contribution is 5.87. The smallest absolute Gasteiger partial charge is 0.119 e. The minimum atomic E-state index is 0.914. The molecule has 0 saturated carbocycles. The number of nitrogens with zero attached hydrogens (tertiary/aromatic N) is 1. The van der Waals surface area contributed by atoms with Gasteiger partial charge in [-0.25, -0.2) is 0 Å². The number of methoxy groups -OCH3 is 1. The fourth-order valence-electron chi connectivity index (χ4n) is 3.12. The van der Waals surface area contributed by atoms with Crippen molar-refractivity contribution in [2.45, 2.75) is 26.2 Å². The zero-order chi connectivity index (χ0) is 15.4. The summed E-state index contributed by atoms with van der Waals surface area (Å²) in [5.74, 6) is 0.914. The van der Waals surface area contributed by atoms with E-state index >= 15 is 0 Å². The summed E-state index contributed by atoms with van der Waals surface area (Å²) >= 11 is 0. The van der Waals surface area contributed by atoms with E-state index in [-0.39, 0.29) is 0 Å². The van der Waals surface area contributed by atoms with Gasteiger partial charge in [-0.2, -0.15) is 0 Å². The summed E-state index contributed by atoms with van der Waals surface area (Å²) in [4.78, 5) is 2.55. The summed E-state index contributed by atoms with van der Waals surface area (Å²) in [7, 11) is 1.71. The molecular formula is C20H25NO. The first-order chi connectivity index (χ1) is 10.8. The minimum Gasteiger partial charge on any atom is -0.497 e. The zero-order valence-corrected chi connectivity index (χ0v) is 13.6. The second-order valence-corrected chi connectivity index (χ2v) is 6.18. The molecule has 0 radical (unpaired) electrons. The number of hydrogen-bond donors (Lipinski definition) is 0. The molecule has 1 heterocycles. The Hall–Kier alpha value is -1.80. The Bertz CT molecular complexity index is 668. The molecule has 0 unspecified atom stereocenters. The molecule has 116 valence electrons. The molecule has 3 rings (SSSR count). The van der Waals surface area contributed by atoms with Gasteiger partial charge >= 0.3 is 0 Å². The molecule has 2 aromatic rings. The number of hydrogen-bond acceptors (Lipinski definition) is 2. The normalized spacial score (nSPS) is 16.9. The van der Waals surface area contributed by atoms with E-state index in [0.29, 0.717) is 0 Å². The van der Waals surface area contributed by atoms with E-state index in [1.807, 2.05) is 6.07 Å². The van der Waals surface area contributed by atoms with Gasteiger partial charge in [0.1, 0.15) is 5.75 Å². The highest BCUT2D eigenvalue weighted by Gasteiger charge is 2.08. The topological polar surface area (TPSA) is 12.5 Å². The van der Waals surface area contributed by atoms with Crippen LogP contribution in [0.2, 0.25) is 0 Å². The van der Waals surface area contributed by atoms with Crippen molar-refractivity contribution < 1.29 is 4.74 Å². The van der Waals surface area contributed by atoms with Gasteiger partial charge in [-0.15, -0.1) is 0 Å². The molecule has 0 bridgehead atoms. The lowest BCUT2D eigenvalue weighted by atomic mass is 10.0. The monoisotopic (exact) mass is 295 g/mol. The lowest BCUT2D eigenvalue weighted by Gasteiger charge is -2.25. The van der Waals surface area contributed by atoms with Gasteiger partial charge in [-0.05, 0) is 73.0 Å². The maximum absolute atomic E-state index is 5.29. The van der Waals surface area contributed by atoms with E-state index in [1.165, 1.54) is 54.3 Å². The van der Waals surface area contributed by atoms with Crippen LogP contribution < -0.4 is 4.74 Å². The van der Waals surface area contributed by atoms with Crippen molar-refractivity contribution in [3.8, 4) is 5.75 Å². The number of likely N-dealkylation sites (tertiary alicyclic amines) is 1. The summed E-state index contributed by atoms with van der Waals surface area (Å²) in [6, 6.07) is 12.9. The second kappa shape index (κ2) is 6.97. The highest BCUT2D eigenvalue weighted by Crippen LogP contribution is 2.24. The molecule has 0 atom stereocenters. The molecular weight excluding hydrogens is 270 g/mol. The SMILES string of the molecule is COc1ccc2cc(/C(C)=C/CN3CCCCC3)ccc2c1. The molecule has 1 saturated heterocycles. The number of allylic oxidation sites excluding steroid dienone is 1. The number of piperidine rings is 1. The molecule has 0 N–H and O–H groups in total. The van der Waals surface area contributed by atoms with Gasteiger partial charge in [0.2, 0.25) is 0 Å². The van der Waals surface area contributed by atoms with E-state index in [1.54, 1.807) is 7.11 Å². The van der Waals surface area contributed by atoms with Crippen molar-refractivity contribution in [2.24, 2.45) is 0 Å². The largest absolute Gasteiger partial charge is 0.497 e. The number of rotatable bonds is 4. The Labute approximate surface area is 133 Å². The Balaban J connectivity index is 1.76. The summed E-state index contributed by atoms with van der Waals surface area (Å²) in [6.07, 6.45) is 6.47. The van der Waals surface area contributed by atoms with Crippen molar-refractivity contribution in [2.75, 3.05) is 26.7 Å². The van der Waals surface area contributed by atoms with Gasteiger partial charge in [0.15, 0.2) is 0 Å². The third-order valence-electron chi connectivity index (χ3n) is 4.61. The van der Waals surface area contributed by atoms with Crippen molar-refractivity contribution in [3.63, 3.8) is 0 Å². The zero-order valence-electron chi connectivity index (χ0n) is 13.6. The van der Waals surface area contributed by atoms with Crippen LogP contribution in [0.25, 0.3) is 16.3 Å². The maximum atomic E-state index is 5.29. The van der Waals surface area contributed by atoms with Gasteiger partial charge in [-0.1, -0.05) is 30.7 Å². The Morgan fingerprint density at radius 3 is 2.55 bits per heavy atom. The second-order valence-electron chi connectivity index (χ2n) is 6.18. The van der Waals surface area contributed by atoms with Gasteiger partial charge in [0.05, 0.1) is 7.11 Å². The lowest BCUT2D eigenvalue weighted by Crippen LogP contribution is -2.29. The quantitative estimate of drug-likeness (QED) is 0.808.